The van der Waals surface area contributed by atoms with Crippen LogP contribution in [0.4, 0.5) is 13.2 Å². The third kappa shape index (κ3) is 4.67. The quantitative estimate of drug-likeness (QED) is 0.690. The van der Waals surface area contributed by atoms with Crippen molar-refractivity contribution in [1.29, 1.82) is 0 Å². The summed E-state index contributed by atoms with van der Waals surface area (Å²) in [5.74, 6) is -1.06. The first-order chi connectivity index (χ1) is 13.5. The van der Waals surface area contributed by atoms with Crippen molar-refractivity contribution in [2.75, 3.05) is 33.2 Å². The zero-order valence-electron chi connectivity index (χ0n) is 16.5. The van der Waals surface area contributed by atoms with Gasteiger partial charge in [0.25, 0.3) is 0 Å². The summed E-state index contributed by atoms with van der Waals surface area (Å²) in [6.45, 7) is 6.67. The highest BCUT2D eigenvalue weighted by Gasteiger charge is 2.37. The molecule has 0 radical (unpaired) electrons. The number of halogens is 3. The summed E-state index contributed by atoms with van der Waals surface area (Å²) in [6, 6.07) is 1.87. The molecule has 1 saturated heterocycles. The summed E-state index contributed by atoms with van der Waals surface area (Å²) < 4.78 is 75.1. The molecule has 0 aromatic carbocycles. The predicted molar refractivity (Wildman–Crippen MR) is 98.6 cm³/mol. The number of furan rings is 1. The number of aromatic nitrogens is 1. The number of rotatable bonds is 6. The summed E-state index contributed by atoms with van der Waals surface area (Å²) in [5.41, 5.74) is -0.213. The van der Waals surface area contributed by atoms with Gasteiger partial charge in [-0.1, -0.05) is 12.1 Å². The van der Waals surface area contributed by atoms with E-state index in [1.165, 1.54) is 24.3 Å². The number of sulfonamides is 1. The third-order valence-electron chi connectivity index (χ3n) is 5.17. The maximum absolute atomic E-state index is 13.0. The van der Waals surface area contributed by atoms with Crippen LogP contribution < -0.4 is 0 Å². The zero-order chi connectivity index (χ0) is 21.4. The van der Waals surface area contributed by atoms with Crippen molar-refractivity contribution in [3.63, 3.8) is 0 Å². The Hall–Kier alpha value is -1.85. The Morgan fingerprint density at radius 1 is 1.34 bits per heavy atom. The Balaban J connectivity index is 1.79. The topological polar surface area (TPSA) is 79.8 Å². The minimum absolute atomic E-state index is 0.0854. The molecule has 1 aliphatic heterocycles. The molecule has 1 fully saturated rings. The molecule has 0 aliphatic carbocycles. The van der Waals surface area contributed by atoms with Crippen molar-refractivity contribution in [2.24, 2.45) is 5.92 Å². The van der Waals surface area contributed by atoms with E-state index in [1.807, 2.05) is 0 Å². The molecule has 0 N–H and O–H groups in total. The lowest BCUT2D eigenvalue weighted by Gasteiger charge is -2.33. The second-order valence-electron chi connectivity index (χ2n) is 7.29. The highest BCUT2D eigenvalue weighted by molar-refractivity contribution is 7.89. The fraction of sp³-hybridized carbons (Fsp3) is 0.611. The first kappa shape index (κ1) is 21.8. The van der Waals surface area contributed by atoms with E-state index in [1.54, 1.807) is 0 Å². The number of alkyl halides is 3. The van der Waals surface area contributed by atoms with Gasteiger partial charge in [0.1, 0.15) is 16.3 Å². The van der Waals surface area contributed by atoms with Gasteiger partial charge in [-0.15, -0.1) is 0 Å². The van der Waals surface area contributed by atoms with Gasteiger partial charge in [0.05, 0.1) is 0 Å². The lowest BCUT2D eigenvalue weighted by Crippen LogP contribution is -2.41. The number of aryl methyl sites for hydroxylation is 1. The Kier molecular flexibility index (Phi) is 6.11. The van der Waals surface area contributed by atoms with Crippen molar-refractivity contribution in [2.45, 2.75) is 37.8 Å². The maximum atomic E-state index is 13.0. The van der Waals surface area contributed by atoms with E-state index in [2.05, 4.69) is 21.5 Å². The SMILES string of the molecule is CCN1CCCC(CN(C)S(=O)(=O)c2cc(-c3cc(C(F)(F)F)on3)oc2C)C1. The van der Waals surface area contributed by atoms with Crippen molar-refractivity contribution in [3.05, 3.63) is 23.7 Å². The van der Waals surface area contributed by atoms with Gasteiger partial charge < -0.3 is 13.8 Å². The largest absolute Gasteiger partial charge is 0.458 e. The molecule has 1 unspecified atom stereocenters. The van der Waals surface area contributed by atoms with Crippen LogP contribution in [0, 0.1) is 12.8 Å². The number of hydrogen-bond acceptors (Lipinski definition) is 6. The van der Waals surface area contributed by atoms with Crippen LogP contribution in [-0.2, 0) is 16.2 Å². The fourth-order valence-electron chi connectivity index (χ4n) is 3.59. The first-order valence-corrected chi connectivity index (χ1v) is 10.8. The van der Waals surface area contributed by atoms with Gasteiger partial charge in [-0.3, -0.25) is 0 Å². The number of nitrogens with zero attached hydrogens (tertiary/aromatic N) is 3. The van der Waals surface area contributed by atoms with Crippen LogP contribution in [0.25, 0.3) is 11.5 Å². The summed E-state index contributed by atoms with van der Waals surface area (Å²) in [5, 5.41) is 3.34. The van der Waals surface area contributed by atoms with Gasteiger partial charge in [0.2, 0.25) is 15.8 Å². The van der Waals surface area contributed by atoms with Crippen LogP contribution in [0.2, 0.25) is 0 Å². The lowest BCUT2D eigenvalue weighted by atomic mass is 9.98. The normalized spacial score (nSPS) is 19.2. The average Bonchev–Trinajstić information content (AvgIpc) is 3.28. The van der Waals surface area contributed by atoms with Crippen LogP contribution in [-0.4, -0.2) is 56.0 Å². The van der Waals surface area contributed by atoms with Crippen LogP contribution in [0.1, 0.15) is 31.3 Å². The van der Waals surface area contributed by atoms with Crippen LogP contribution in [0.5, 0.6) is 0 Å². The molecule has 1 aliphatic rings. The molecule has 0 spiro atoms. The van der Waals surface area contributed by atoms with E-state index in [0.717, 1.165) is 32.5 Å². The van der Waals surface area contributed by atoms with Crippen molar-refractivity contribution in [1.82, 2.24) is 14.4 Å². The standard InChI is InChI=1S/C18H24F3N3O4S/c1-4-24-7-5-6-13(11-24)10-23(3)29(25,26)16-9-15(27-12(16)2)14-8-17(28-22-14)18(19,20)21/h8-9,13H,4-7,10-11H2,1-3H3. The molecular formula is C18H24F3N3O4S. The molecule has 1 atom stereocenters. The molecule has 7 nitrogen and oxygen atoms in total. The average molecular weight is 435 g/mol. The first-order valence-electron chi connectivity index (χ1n) is 9.35. The minimum Gasteiger partial charge on any atom is -0.458 e. The van der Waals surface area contributed by atoms with E-state index in [-0.39, 0.29) is 28.0 Å². The molecular weight excluding hydrogens is 411 g/mol. The fourth-order valence-corrected chi connectivity index (χ4v) is 4.99. The second kappa shape index (κ2) is 8.11. The van der Waals surface area contributed by atoms with Gasteiger partial charge in [-0.05, 0) is 38.8 Å². The van der Waals surface area contributed by atoms with Gasteiger partial charge in [0.15, 0.2) is 5.76 Å². The molecule has 11 heteroatoms. The van der Waals surface area contributed by atoms with Gasteiger partial charge in [0, 0.05) is 32.3 Å². The van der Waals surface area contributed by atoms with Crippen LogP contribution in [0.15, 0.2) is 26.0 Å². The molecule has 3 heterocycles. The second-order valence-corrected chi connectivity index (χ2v) is 9.31. The highest BCUT2D eigenvalue weighted by atomic mass is 32.2. The smallest absolute Gasteiger partial charge is 0.452 e. The van der Waals surface area contributed by atoms with Gasteiger partial charge in [-0.2, -0.15) is 13.2 Å². The van der Waals surface area contributed by atoms with E-state index < -0.39 is 22.0 Å². The minimum atomic E-state index is -4.69. The summed E-state index contributed by atoms with van der Waals surface area (Å²) in [6.07, 6.45) is -2.71. The van der Waals surface area contributed by atoms with E-state index in [9.17, 15) is 21.6 Å². The zero-order valence-corrected chi connectivity index (χ0v) is 17.3. The monoisotopic (exact) mass is 435 g/mol. The van der Waals surface area contributed by atoms with Crippen LogP contribution in [0.3, 0.4) is 0 Å². The van der Waals surface area contributed by atoms with E-state index >= 15 is 0 Å². The number of hydrogen-bond donors (Lipinski definition) is 0. The Bertz CT molecular complexity index is 952. The molecule has 29 heavy (non-hydrogen) atoms. The van der Waals surface area contributed by atoms with E-state index in [0.29, 0.717) is 12.6 Å². The van der Waals surface area contributed by atoms with Crippen molar-refractivity contribution in [3.8, 4) is 11.5 Å². The van der Waals surface area contributed by atoms with Gasteiger partial charge in [-0.25, -0.2) is 12.7 Å². The Morgan fingerprint density at radius 2 is 2.07 bits per heavy atom. The Labute approximate surface area is 167 Å². The molecule has 0 amide bonds. The highest BCUT2D eigenvalue weighted by Crippen LogP contribution is 2.34. The third-order valence-corrected chi connectivity index (χ3v) is 7.10. The summed E-state index contributed by atoms with van der Waals surface area (Å²) >= 11 is 0. The molecule has 2 aromatic heterocycles. The molecule has 0 bridgehead atoms. The molecule has 162 valence electrons. The Morgan fingerprint density at radius 3 is 2.69 bits per heavy atom. The van der Waals surface area contributed by atoms with Gasteiger partial charge >= 0.3 is 6.18 Å². The lowest BCUT2D eigenvalue weighted by molar-refractivity contribution is -0.155. The van der Waals surface area contributed by atoms with Crippen molar-refractivity contribution < 1.29 is 30.5 Å². The summed E-state index contributed by atoms with van der Waals surface area (Å²) in [7, 11) is -2.36. The molecule has 2 aromatic rings. The molecule has 3 rings (SSSR count). The predicted octanol–water partition coefficient (Wildman–Crippen LogP) is 3.61. The van der Waals surface area contributed by atoms with E-state index in [4.69, 9.17) is 4.42 Å². The maximum Gasteiger partial charge on any atom is 0.452 e. The van der Waals surface area contributed by atoms with Crippen LogP contribution >= 0.6 is 0 Å². The van der Waals surface area contributed by atoms with Crippen molar-refractivity contribution >= 4 is 10.0 Å². The summed E-state index contributed by atoms with van der Waals surface area (Å²) in [4.78, 5) is 2.20. The molecule has 0 saturated carbocycles. The number of piperidine rings is 1. The number of likely N-dealkylation sites (tertiary alicyclic amines) is 1.